The molecule has 2 nitrogen and oxygen atoms in total. The van der Waals surface area contributed by atoms with Crippen LogP contribution in [-0.4, -0.2) is 37.6 Å². The molecule has 1 heterocycles. The van der Waals surface area contributed by atoms with Crippen LogP contribution in [0.15, 0.2) is 12.7 Å². The van der Waals surface area contributed by atoms with Gasteiger partial charge in [0.05, 0.1) is 0 Å². The third kappa shape index (κ3) is 3.91. The Kier molecular flexibility index (Phi) is 6.07. The van der Waals surface area contributed by atoms with Crippen LogP contribution in [0.5, 0.6) is 0 Å². The Hall–Kier alpha value is -0.340. The summed E-state index contributed by atoms with van der Waals surface area (Å²) in [7, 11) is 0. The van der Waals surface area contributed by atoms with Crippen LogP contribution < -0.4 is 5.32 Å². The molecular formula is C14H28N2. The Morgan fingerprint density at radius 2 is 1.88 bits per heavy atom. The van der Waals surface area contributed by atoms with Crippen LogP contribution in [0.3, 0.4) is 0 Å². The minimum atomic E-state index is 0.658. The maximum Gasteiger partial charge on any atom is 0.0132 e. The molecule has 0 spiro atoms. The summed E-state index contributed by atoms with van der Waals surface area (Å²) in [5.74, 6) is 0. The van der Waals surface area contributed by atoms with E-state index in [2.05, 4.69) is 30.6 Å². The molecule has 94 valence electrons. The number of nitrogens with one attached hydrogen (secondary N) is 1. The number of hydrogen-bond acceptors (Lipinski definition) is 2. The molecule has 0 aromatic carbocycles. The third-order valence-electron chi connectivity index (χ3n) is 4.31. The van der Waals surface area contributed by atoms with Gasteiger partial charge in [0.1, 0.15) is 0 Å². The Labute approximate surface area is 101 Å². The van der Waals surface area contributed by atoms with Gasteiger partial charge in [-0.2, -0.15) is 0 Å². The minimum Gasteiger partial charge on any atom is -0.312 e. The number of hydrogen-bond donors (Lipinski definition) is 1. The Morgan fingerprint density at radius 3 is 2.38 bits per heavy atom. The predicted molar refractivity (Wildman–Crippen MR) is 71.8 cm³/mol. The van der Waals surface area contributed by atoms with Gasteiger partial charge in [0, 0.05) is 19.6 Å². The van der Waals surface area contributed by atoms with Gasteiger partial charge in [-0.05, 0) is 31.3 Å². The lowest BCUT2D eigenvalue weighted by molar-refractivity contribution is 0.0963. The summed E-state index contributed by atoms with van der Waals surface area (Å²) in [6, 6.07) is 0. The fourth-order valence-electron chi connectivity index (χ4n) is 2.65. The normalized spacial score (nSPS) is 20.9. The summed E-state index contributed by atoms with van der Waals surface area (Å²) >= 11 is 0. The van der Waals surface area contributed by atoms with Gasteiger partial charge in [0.2, 0.25) is 0 Å². The molecule has 0 aromatic heterocycles. The molecule has 2 heteroatoms. The van der Waals surface area contributed by atoms with Crippen molar-refractivity contribution in [2.24, 2.45) is 5.41 Å². The summed E-state index contributed by atoms with van der Waals surface area (Å²) in [6.45, 7) is 14.2. The molecule has 1 N–H and O–H groups in total. The first-order valence-electron chi connectivity index (χ1n) is 6.80. The van der Waals surface area contributed by atoms with E-state index in [9.17, 15) is 0 Å². The predicted octanol–water partition coefficient (Wildman–Crippen LogP) is 2.66. The highest BCUT2D eigenvalue weighted by atomic mass is 15.1. The maximum atomic E-state index is 3.71. The molecule has 1 fully saturated rings. The van der Waals surface area contributed by atoms with E-state index in [0.29, 0.717) is 5.41 Å². The maximum absolute atomic E-state index is 3.71. The molecule has 0 aromatic rings. The van der Waals surface area contributed by atoms with Crippen LogP contribution in [0.1, 0.15) is 39.5 Å². The van der Waals surface area contributed by atoms with Gasteiger partial charge < -0.3 is 10.2 Å². The zero-order valence-corrected chi connectivity index (χ0v) is 11.1. The van der Waals surface area contributed by atoms with Gasteiger partial charge in [-0.25, -0.2) is 0 Å². The van der Waals surface area contributed by atoms with Crippen LogP contribution in [0.25, 0.3) is 0 Å². The zero-order chi connectivity index (χ0) is 11.9. The van der Waals surface area contributed by atoms with Gasteiger partial charge in [0.25, 0.3) is 0 Å². The van der Waals surface area contributed by atoms with E-state index in [-0.39, 0.29) is 0 Å². The molecule has 0 bridgehead atoms. The second kappa shape index (κ2) is 7.08. The van der Waals surface area contributed by atoms with Crippen molar-refractivity contribution < 1.29 is 0 Å². The van der Waals surface area contributed by atoms with Crippen molar-refractivity contribution in [3.8, 4) is 0 Å². The van der Waals surface area contributed by atoms with Crippen molar-refractivity contribution in [3.63, 3.8) is 0 Å². The molecule has 1 rings (SSSR count). The topological polar surface area (TPSA) is 15.3 Å². The molecule has 0 radical (unpaired) electrons. The molecule has 1 saturated heterocycles. The van der Waals surface area contributed by atoms with Crippen molar-refractivity contribution in [1.82, 2.24) is 10.2 Å². The Balaban J connectivity index is 2.18. The highest BCUT2D eigenvalue weighted by Crippen LogP contribution is 2.37. The van der Waals surface area contributed by atoms with Gasteiger partial charge in [-0.15, -0.1) is 6.58 Å². The lowest BCUT2D eigenvalue weighted by Crippen LogP contribution is -2.42. The lowest BCUT2D eigenvalue weighted by atomic mass is 9.74. The van der Waals surface area contributed by atoms with Crippen molar-refractivity contribution in [3.05, 3.63) is 12.7 Å². The van der Waals surface area contributed by atoms with Crippen molar-refractivity contribution in [2.45, 2.75) is 39.5 Å². The SMILES string of the molecule is C=CCNCCN1CCC(CC)(CC)CC1. The standard InChI is InChI=1S/C14H28N2/c1-4-9-15-10-13-16-11-7-14(5-2,6-3)8-12-16/h4,15H,1,5-13H2,2-3H3. The molecule has 1 aliphatic heterocycles. The first-order chi connectivity index (χ1) is 7.76. The van der Waals surface area contributed by atoms with Crippen molar-refractivity contribution in [1.29, 1.82) is 0 Å². The van der Waals surface area contributed by atoms with E-state index in [1.54, 1.807) is 0 Å². The smallest absolute Gasteiger partial charge is 0.0132 e. The molecule has 0 atom stereocenters. The number of likely N-dealkylation sites (tertiary alicyclic amines) is 1. The van der Waals surface area contributed by atoms with E-state index in [1.165, 1.54) is 45.3 Å². The number of rotatable bonds is 7. The van der Waals surface area contributed by atoms with E-state index in [1.807, 2.05) is 6.08 Å². The highest BCUT2D eigenvalue weighted by molar-refractivity contribution is 4.84. The van der Waals surface area contributed by atoms with Crippen molar-refractivity contribution >= 4 is 0 Å². The Bertz CT molecular complexity index is 187. The summed E-state index contributed by atoms with van der Waals surface area (Å²) in [4.78, 5) is 2.60. The summed E-state index contributed by atoms with van der Waals surface area (Å²) in [5, 5.41) is 3.37. The average Bonchev–Trinajstić information content (AvgIpc) is 2.36. The third-order valence-corrected chi connectivity index (χ3v) is 4.31. The van der Waals surface area contributed by atoms with Crippen molar-refractivity contribution in [2.75, 3.05) is 32.7 Å². The summed E-state index contributed by atoms with van der Waals surface area (Å²) in [5.41, 5.74) is 0.658. The Morgan fingerprint density at radius 1 is 1.25 bits per heavy atom. The summed E-state index contributed by atoms with van der Waals surface area (Å²) in [6.07, 6.45) is 7.41. The first kappa shape index (κ1) is 13.7. The lowest BCUT2D eigenvalue weighted by Gasteiger charge is -2.41. The van der Waals surface area contributed by atoms with Gasteiger partial charge in [-0.3, -0.25) is 0 Å². The molecule has 0 aliphatic carbocycles. The molecule has 1 aliphatic rings. The van der Waals surface area contributed by atoms with E-state index >= 15 is 0 Å². The average molecular weight is 224 g/mol. The quantitative estimate of drug-likeness (QED) is 0.528. The van der Waals surface area contributed by atoms with E-state index in [4.69, 9.17) is 0 Å². The largest absolute Gasteiger partial charge is 0.312 e. The van der Waals surface area contributed by atoms with Crippen LogP contribution in [0.2, 0.25) is 0 Å². The van der Waals surface area contributed by atoms with Gasteiger partial charge in [-0.1, -0.05) is 32.8 Å². The fraction of sp³-hybridized carbons (Fsp3) is 0.857. The molecule has 0 amide bonds. The second-order valence-corrected chi connectivity index (χ2v) is 5.04. The summed E-state index contributed by atoms with van der Waals surface area (Å²) < 4.78 is 0. The minimum absolute atomic E-state index is 0.658. The van der Waals surface area contributed by atoms with Crippen LogP contribution in [0.4, 0.5) is 0 Å². The van der Waals surface area contributed by atoms with Crippen LogP contribution >= 0.6 is 0 Å². The van der Waals surface area contributed by atoms with E-state index in [0.717, 1.165) is 13.1 Å². The van der Waals surface area contributed by atoms with Gasteiger partial charge in [0.15, 0.2) is 0 Å². The molecule has 16 heavy (non-hydrogen) atoms. The molecular weight excluding hydrogens is 196 g/mol. The number of piperidine rings is 1. The molecule has 0 saturated carbocycles. The second-order valence-electron chi connectivity index (χ2n) is 5.04. The number of nitrogens with zero attached hydrogens (tertiary/aromatic N) is 1. The zero-order valence-electron chi connectivity index (χ0n) is 11.1. The highest BCUT2D eigenvalue weighted by Gasteiger charge is 2.30. The first-order valence-corrected chi connectivity index (χ1v) is 6.80. The molecule has 0 unspecified atom stereocenters. The van der Waals surface area contributed by atoms with Gasteiger partial charge >= 0.3 is 0 Å². The van der Waals surface area contributed by atoms with Crippen LogP contribution in [0, 0.1) is 5.41 Å². The monoisotopic (exact) mass is 224 g/mol. The fourth-order valence-corrected chi connectivity index (χ4v) is 2.65. The van der Waals surface area contributed by atoms with Crippen LogP contribution in [-0.2, 0) is 0 Å². The van der Waals surface area contributed by atoms with E-state index < -0.39 is 0 Å².